The first-order valence-corrected chi connectivity index (χ1v) is 7.92. The van der Waals surface area contributed by atoms with Gasteiger partial charge >= 0.3 is 5.97 Å². The number of rotatable bonds is 4. The molecule has 0 amide bonds. The van der Waals surface area contributed by atoms with Gasteiger partial charge in [0.15, 0.2) is 0 Å². The van der Waals surface area contributed by atoms with Gasteiger partial charge in [-0.1, -0.05) is 0 Å². The van der Waals surface area contributed by atoms with E-state index in [0.717, 1.165) is 27.8 Å². The highest BCUT2D eigenvalue weighted by Crippen LogP contribution is 2.34. The second-order valence-corrected chi connectivity index (χ2v) is 5.84. The molecule has 26 heavy (non-hydrogen) atoms. The number of carbonyl (C=O) groups excluding carboxylic acids is 1. The first-order chi connectivity index (χ1) is 12.6. The maximum Gasteiger partial charge on any atom is 0.354 e. The van der Waals surface area contributed by atoms with Gasteiger partial charge in [-0.3, -0.25) is 4.68 Å². The number of fused-ring (bicyclic) bond motifs is 1. The van der Waals surface area contributed by atoms with E-state index in [1.54, 1.807) is 41.0 Å². The Kier molecular flexibility index (Phi) is 3.72. The zero-order valence-electron chi connectivity index (χ0n) is 14.6. The van der Waals surface area contributed by atoms with Gasteiger partial charge in [0, 0.05) is 47.9 Å². The molecule has 4 aromatic heterocycles. The molecule has 8 nitrogen and oxygen atoms in total. The number of carbonyl (C=O) groups is 1. The number of aromatic amines is 1. The molecular weight excluding hydrogens is 334 g/mol. The van der Waals surface area contributed by atoms with Crippen LogP contribution in [0.4, 0.5) is 0 Å². The van der Waals surface area contributed by atoms with Gasteiger partial charge in [0.2, 0.25) is 0 Å². The third-order valence-electron chi connectivity index (χ3n) is 4.23. The first kappa shape index (κ1) is 15.9. The number of hydrogen-bond acceptors (Lipinski definition) is 5. The zero-order chi connectivity index (χ0) is 18.3. The number of aromatic nitrogens is 5. The van der Waals surface area contributed by atoms with Crippen LogP contribution in [0.5, 0.6) is 5.75 Å². The van der Waals surface area contributed by atoms with Crippen molar-refractivity contribution in [2.75, 3.05) is 14.2 Å². The van der Waals surface area contributed by atoms with E-state index >= 15 is 0 Å². The molecule has 1 N–H and O–H groups in total. The Hall–Kier alpha value is -3.55. The van der Waals surface area contributed by atoms with E-state index < -0.39 is 5.97 Å². The fraction of sp³-hybridized carbons (Fsp3) is 0.167. The summed E-state index contributed by atoms with van der Waals surface area (Å²) in [7, 11) is 4.84. The molecule has 4 aromatic rings. The molecule has 4 rings (SSSR count). The average Bonchev–Trinajstić information content (AvgIpc) is 3.38. The number of aryl methyl sites for hydroxylation is 1. The number of ether oxygens (including phenoxy) is 2. The highest BCUT2D eigenvalue weighted by Gasteiger charge is 2.17. The van der Waals surface area contributed by atoms with Gasteiger partial charge in [-0.05, 0) is 12.1 Å². The van der Waals surface area contributed by atoms with Crippen molar-refractivity contribution < 1.29 is 14.3 Å². The van der Waals surface area contributed by atoms with E-state index in [2.05, 4.69) is 15.2 Å². The maximum absolute atomic E-state index is 11.7. The number of pyridine rings is 1. The molecule has 0 saturated carbocycles. The molecule has 0 aromatic carbocycles. The number of methoxy groups -OCH3 is 2. The van der Waals surface area contributed by atoms with Crippen LogP contribution in [0, 0.1) is 0 Å². The minimum atomic E-state index is -0.418. The Balaban J connectivity index is 1.85. The van der Waals surface area contributed by atoms with Gasteiger partial charge in [0.25, 0.3) is 0 Å². The summed E-state index contributed by atoms with van der Waals surface area (Å²) in [6.45, 7) is 0. The monoisotopic (exact) mass is 351 g/mol. The van der Waals surface area contributed by atoms with Crippen molar-refractivity contribution in [1.82, 2.24) is 24.4 Å². The van der Waals surface area contributed by atoms with Gasteiger partial charge in [-0.2, -0.15) is 10.2 Å². The van der Waals surface area contributed by atoms with E-state index in [9.17, 15) is 4.79 Å². The van der Waals surface area contributed by atoms with Gasteiger partial charge in [-0.15, -0.1) is 0 Å². The van der Waals surface area contributed by atoms with Crippen LogP contribution in [0.3, 0.4) is 0 Å². The molecule has 0 radical (unpaired) electrons. The van der Waals surface area contributed by atoms with Crippen LogP contribution in [-0.2, 0) is 11.8 Å². The molecule has 0 saturated heterocycles. The summed E-state index contributed by atoms with van der Waals surface area (Å²) in [5.41, 5.74) is 4.79. The van der Waals surface area contributed by atoms with Gasteiger partial charge in [0.1, 0.15) is 17.0 Å². The van der Waals surface area contributed by atoms with Crippen molar-refractivity contribution in [1.29, 1.82) is 0 Å². The van der Waals surface area contributed by atoms with Gasteiger partial charge in [-0.25, -0.2) is 9.31 Å². The molecule has 0 aliphatic carbocycles. The van der Waals surface area contributed by atoms with Crippen LogP contribution in [0.2, 0.25) is 0 Å². The Morgan fingerprint density at radius 3 is 2.62 bits per heavy atom. The third kappa shape index (κ3) is 2.52. The van der Waals surface area contributed by atoms with Crippen molar-refractivity contribution in [3.8, 4) is 28.0 Å². The molecular formula is C18H17N5O3. The molecule has 0 spiro atoms. The summed E-state index contributed by atoms with van der Waals surface area (Å²) in [5.74, 6) is 0.262. The predicted molar refractivity (Wildman–Crippen MR) is 95.1 cm³/mol. The number of nitrogens with zero attached hydrogens (tertiary/aromatic N) is 4. The molecule has 0 bridgehead atoms. The van der Waals surface area contributed by atoms with Crippen LogP contribution in [0.15, 0.2) is 43.1 Å². The smallest absolute Gasteiger partial charge is 0.354 e. The second kappa shape index (κ2) is 6.07. The molecule has 0 fully saturated rings. The molecule has 8 heteroatoms. The molecule has 0 aliphatic heterocycles. The van der Waals surface area contributed by atoms with Crippen LogP contribution < -0.4 is 4.74 Å². The number of hydrogen-bond donors (Lipinski definition) is 1. The fourth-order valence-electron chi connectivity index (χ4n) is 2.96. The summed E-state index contributed by atoms with van der Waals surface area (Å²) < 4.78 is 13.9. The standard InChI is InChI=1S/C18H17N5O3/c1-22-9-13(7-20-22)12-5-16(25-2)17-14(8-21-23(17)10-12)11-4-15(19-6-11)18(24)26-3/h4-10,19H,1-3H3. The van der Waals surface area contributed by atoms with Crippen LogP contribution in [-0.4, -0.2) is 44.6 Å². The van der Waals surface area contributed by atoms with E-state index in [-0.39, 0.29) is 0 Å². The lowest BCUT2D eigenvalue weighted by Gasteiger charge is -2.07. The molecule has 0 atom stereocenters. The van der Waals surface area contributed by atoms with Crippen molar-refractivity contribution in [3.05, 3.63) is 48.8 Å². The van der Waals surface area contributed by atoms with Gasteiger partial charge < -0.3 is 14.5 Å². The normalized spacial score (nSPS) is 11.0. The van der Waals surface area contributed by atoms with E-state index in [1.807, 2.05) is 25.5 Å². The molecule has 4 heterocycles. The number of nitrogens with one attached hydrogen (secondary N) is 1. The maximum atomic E-state index is 11.7. The SMILES string of the molecule is COC(=O)c1cc(-c2cnn3cc(-c4cnn(C)c4)cc(OC)c23)c[nH]1. The lowest BCUT2D eigenvalue weighted by Crippen LogP contribution is -2.00. The van der Waals surface area contributed by atoms with Gasteiger partial charge in [0.05, 0.1) is 26.6 Å². The quantitative estimate of drug-likeness (QED) is 0.571. The predicted octanol–water partition coefficient (Wildman–Crippen LogP) is 2.53. The molecule has 132 valence electrons. The summed E-state index contributed by atoms with van der Waals surface area (Å²) >= 11 is 0. The highest BCUT2D eigenvalue weighted by molar-refractivity contribution is 5.92. The molecule has 0 aliphatic rings. The first-order valence-electron chi connectivity index (χ1n) is 7.92. The lowest BCUT2D eigenvalue weighted by molar-refractivity contribution is 0.0595. The largest absolute Gasteiger partial charge is 0.494 e. The zero-order valence-corrected chi connectivity index (χ0v) is 14.6. The van der Waals surface area contributed by atoms with Crippen LogP contribution in [0.1, 0.15) is 10.5 Å². The minimum absolute atomic E-state index is 0.382. The second-order valence-electron chi connectivity index (χ2n) is 5.84. The lowest BCUT2D eigenvalue weighted by atomic mass is 10.1. The minimum Gasteiger partial charge on any atom is -0.494 e. The molecule has 0 unspecified atom stereocenters. The van der Waals surface area contributed by atoms with Crippen molar-refractivity contribution in [2.24, 2.45) is 7.05 Å². The topological polar surface area (TPSA) is 86.4 Å². The van der Waals surface area contributed by atoms with E-state index in [4.69, 9.17) is 9.47 Å². The number of esters is 1. The Bertz CT molecular complexity index is 1110. The third-order valence-corrected chi connectivity index (χ3v) is 4.23. The Morgan fingerprint density at radius 1 is 1.08 bits per heavy atom. The van der Waals surface area contributed by atoms with E-state index in [1.165, 1.54) is 7.11 Å². The summed E-state index contributed by atoms with van der Waals surface area (Å²) in [5, 5.41) is 8.66. The average molecular weight is 351 g/mol. The Labute approximate surface area is 149 Å². The summed E-state index contributed by atoms with van der Waals surface area (Å²) in [4.78, 5) is 14.6. The highest BCUT2D eigenvalue weighted by atomic mass is 16.5. The van der Waals surface area contributed by atoms with Crippen LogP contribution >= 0.6 is 0 Å². The number of H-pyrrole nitrogens is 1. The van der Waals surface area contributed by atoms with Crippen molar-refractivity contribution >= 4 is 11.5 Å². The van der Waals surface area contributed by atoms with Crippen molar-refractivity contribution in [3.63, 3.8) is 0 Å². The fourth-order valence-corrected chi connectivity index (χ4v) is 2.96. The summed E-state index contributed by atoms with van der Waals surface area (Å²) in [6, 6.07) is 3.68. The van der Waals surface area contributed by atoms with Crippen molar-refractivity contribution in [2.45, 2.75) is 0 Å². The summed E-state index contributed by atoms with van der Waals surface area (Å²) in [6.07, 6.45) is 9.14. The van der Waals surface area contributed by atoms with Crippen LogP contribution in [0.25, 0.3) is 27.8 Å². The van der Waals surface area contributed by atoms with E-state index in [0.29, 0.717) is 11.4 Å². The Morgan fingerprint density at radius 2 is 1.92 bits per heavy atom.